The van der Waals surface area contributed by atoms with E-state index in [1.54, 1.807) is 24.3 Å². The molecule has 0 heterocycles. The number of anilines is 1. The summed E-state index contributed by atoms with van der Waals surface area (Å²) in [5, 5.41) is 14.2. The number of amides is 1. The standard InChI is InChI=1S/C29H22BrFN2O3/c1-2-35-28-15-19(14-22(17-32)29(34)33-26-12-11-23(30)16-25(26)31)10-13-27(28)36-18-21-8-5-7-20-6-3-4-9-24(20)21/h3-16H,2,18H2,1H3,(H,33,34)/b22-14+. The Morgan fingerprint density at radius 3 is 2.61 bits per heavy atom. The van der Waals surface area contributed by atoms with E-state index in [9.17, 15) is 14.4 Å². The van der Waals surface area contributed by atoms with Gasteiger partial charge in [0.05, 0.1) is 12.3 Å². The van der Waals surface area contributed by atoms with Gasteiger partial charge in [-0.2, -0.15) is 5.26 Å². The maximum atomic E-state index is 14.1. The summed E-state index contributed by atoms with van der Waals surface area (Å²) in [6.07, 6.45) is 1.42. The molecule has 0 saturated heterocycles. The van der Waals surface area contributed by atoms with Crippen molar-refractivity contribution in [1.82, 2.24) is 0 Å². The van der Waals surface area contributed by atoms with Crippen molar-refractivity contribution < 1.29 is 18.7 Å². The van der Waals surface area contributed by atoms with Crippen LogP contribution in [-0.2, 0) is 11.4 Å². The van der Waals surface area contributed by atoms with Gasteiger partial charge in [-0.25, -0.2) is 4.39 Å². The molecule has 180 valence electrons. The van der Waals surface area contributed by atoms with E-state index in [0.29, 0.717) is 34.7 Å². The lowest BCUT2D eigenvalue weighted by Gasteiger charge is -2.14. The smallest absolute Gasteiger partial charge is 0.266 e. The highest BCUT2D eigenvalue weighted by molar-refractivity contribution is 9.10. The van der Waals surface area contributed by atoms with Gasteiger partial charge < -0.3 is 14.8 Å². The van der Waals surface area contributed by atoms with Crippen LogP contribution in [0, 0.1) is 17.1 Å². The fraction of sp³-hybridized carbons (Fsp3) is 0.103. The Morgan fingerprint density at radius 2 is 1.83 bits per heavy atom. The monoisotopic (exact) mass is 544 g/mol. The Kier molecular flexibility index (Phi) is 7.99. The number of hydrogen-bond donors (Lipinski definition) is 1. The summed E-state index contributed by atoms with van der Waals surface area (Å²) in [4.78, 5) is 12.6. The fourth-order valence-corrected chi connectivity index (χ4v) is 4.00. The Bertz CT molecular complexity index is 1490. The van der Waals surface area contributed by atoms with Crippen LogP contribution in [-0.4, -0.2) is 12.5 Å². The summed E-state index contributed by atoms with van der Waals surface area (Å²) < 4.78 is 26.5. The molecular formula is C29H22BrFN2O3. The summed E-state index contributed by atoms with van der Waals surface area (Å²) in [7, 11) is 0. The van der Waals surface area contributed by atoms with Gasteiger partial charge in [0.1, 0.15) is 24.1 Å². The van der Waals surface area contributed by atoms with E-state index in [-0.39, 0.29) is 11.3 Å². The number of fused-ring (bicyclic) bond motifs is 1. The summed E-state index contributed by atoms with van der Waals surface area (Å²) in [5.41, 5.74) is 1.42. The first-order valence-electron chi connectivity index (χ1n) is 11.2. The van der Waals surface area contributed by atoms with Gasteiger partial charge in [-0.3, -0.25) is 4.79 Å². The predicted molar refractivity (Wildman–Crippen MR) is 142 cm³/mol. The highest BCUT2D eigenvalue weighted by Gasteiger charge is 2.14. The number of hydrogen-bond acceptors (Lipinski definition) is 4. The fourth-order valence-electron chi connectivity index (χ4n) is 3.67. The molecule has 0 unspecified atom stereocenters. The topological polar surface area (TPSA) is 71.3 Å². The van der Waals surface area contributed by atoms with Crippen LogP contribution in [0.15, 0.2) is 88.9 Å². The first kappa shape index (κ1) is 25.0. The zero-order valence-electron chi connectivity index (χ0n) is 19.4. The highest BCUT2D eigenvalue weighted by Crippen LogP contribution is 2.31. The molecule has 0 radical (unpaired) electrons. The number of ether oxygens (including phenoxy) is 2. The molecule has 0 aromatic heterocycles. The number of nitrogens with one attached hydrogen (secondary N) is 1. The van der Waals surface area contributed by atoms with E-state index >= 15 is 0 Å². The number of halogens is 2. The van der Waals surface area contributed by atoms with E-state index in [2.05, 4.69) is 39.4 Å². The molecule has 0 saturated carbocycles. The largest absolute Gasteiger partial charge is 0.490 e. The van der Waals surface area contributed by atoms with Crippen LogP contribution in [0.1, 0.15) is 18.1 Å². The molecule has 0 spiro atoms. The van der Waals surface area contributed by atoms with Crippen LogP contribution in [0.5, 0.6) is 11.5 Å². The van der Waals surface area contributed by atoms with Gasteiger partial charge in [-0.15, -0.1) is 0 Å². The molecule has 0 aliphatic carbocycles. The van der Waals surface area contributed by atoms with Gasteiger partial charge in [0.25, 0.3) is 5.91 Å². The molecule has 7 heteroatoms. The number of nitriles is 1. The third-order valence-corrected chi connectivity index (χ3v) is 5.88. The van der Waals surface area contributed by atoms with Crippen LogP contribution < -0.4 is 14.8 Å². The molecule has 0 aliphatic rings. The third kappa shape index (κ3) is 5.91. The minimum atomic E-state index is -0.715. The number of carbonyl (C=O) groups is 1. The van der Waals surface area contributed by atoms with Crippen molar-refractivity contribution in [2.75, 3.05) is 11.9 Å². The van der Waals surface area contributed by atoms with Crippen molar-refractivity contribution in [3.05, 3.63) is 106 Å². The average Bonchev–Trinajstić information content (AvgIpc) is 2.88. The van der Waals surface area contributed by atoms with Crippen LogP contribution in [0.25, 0.3) is 16.8 Å². The predicted octanol–water partition coefficient (Wildman–Crippen LogP) is 7.26. The molecule has 4 rings (SSSR count). The van der Waals surface area contributed by atoms with Crippen molar-refractivity contribution >= 4 is 44.4 Å². The van der Waals surface area contributed by atoms with Crippen molar-refractivity contribution in [1.29, 1.82) is 5.26 Å². The maximum Gasteiger partial charge on any atom is 0.266 e. The number of carbonyl (C=O) groups excluding carboxylic acids is 1. The van der Waals surface area contributed by atoms with Crippen molar-refractivity contribution in [3.63, 3.8) is 0 Å². The molecular weight excluding hydrogens is 523 g/mol. The van der Waals surface area contributed by atoms with Crippen LogP contribution >= 0.6 is 15.9 Å². The first-order chi connectivity index (χ1) is 17.5. The Labute approximate surface area is 216 Å². The molecule has 5 nitrogen and oxygen atoms in total. The number of nitrogens with zero attached hydrogens (tertiary/aromatic N) is 1. The second kappa shape index (κ2) is 11.5. The summed E-state index contributed by atoms with van der Waals surface area (Å²) in [5.74, 6) is -0.292. The van der Waals surface area contributed by atoms with Gasteiger partial charge in [0, 0.05) is 4.47 Å². The van der Waals surface area contributed by atoms with Crippen molar-refractivity contribution in [2.24, 2.45) is 0 Å². The van der Waals surface area contributed by atoms with Gasteiger partial charge in [-0.05, 0) is 65.2 Å². The molecule has 0 fully saturated rings. The molecule has 1 N–H and O–H groups in total. The van der Waals surface area contributed by atoms with E-state index in [1.807, 2.05) is 37.3 Å². The second-order valence-electron chi connectivity index (χ2n) is 7.81. The Balaban J connectivity index is 1.54. The average molecular weight is 545 g/mol. The second-order valence-corrected chi connectivity index (χ2v) is 8.73. The molecule has 0 bridgehead atoms. The van der Waals surface area contributed by atoms with Crippen molar-refractivity contribution in [3.8, 4) is 17.6 Å². The third-order valence-electron chi connectivity index (χ3n) is 5.39. The van der Waals surface area contributed by atoms with Crippen LogP contribution in [0.4, 0.5) is 10.1 Å². The normalized spacial score (nSPS) is 11.1. The van der Waals surface area contributed by atoms with E-state index in [0.717, 1.165) is 16.3 Å². The maximum absolute atomic E-state index is 14.1. The zero-order chi connectivity index (χ0) is 25.5. The van der Waals surface area contributed by atoms with Crippen LogP contribution in [0.3, 0.4) is 0 Å². The Hall–Kier alpha value is -4.15. The molecule has 1 amide bonds. The lowest BCUT2D eigenvalue weighted by molar-refractivity contribution is -0.112. The molecule has 36 heavy (non-hydrogen) atoms. The van der Waals surface area contributed by atoms with Gasteiger partial charge in [0.2, 0.25) is 0 Å². The number of benzene rings is 4. The van der Waals surface area contributed by atoms with E-state index in [1.165, 1.54) is 18.2 Å². The first-order valence-corrected chi connectivity index (χ1v) is 12.0. The Morgan fingerprint density at radius 1 is 1.03 bits per heavy atom. The summed E-state index contributed by atoms with van der Waals surface area (Å²) in [6.45, 7) is 2.62. The summed E-state index contributed by atoms with van der Waals surface area (Å²) >= 11 is 3.17. The molecule has 0 atom stereocenters. The molecule has 4 aromatic carbocycles. The molecule has 4 aromatic rings. The lowest BCUT2D eigenvalue weighted by Crippen LogP contribution is -2.14. The summed E-state index contributed by atoms with van der Waals surface area (Å²) in [6, 6.07) is 25.5. The van der Waals surface area contributed by atoms with Crippen LogP contribution in [0.2, 0.25) is 0 Å². The molecule has 0 aliphatic heterocycles. The van der Waals surface area contributed by atoms with Gasteiger partial charge >= 0.3 is 0 Å². The quantitative estimate of drug-likeness (QED) is 0.187. The van der Waals surface area contributed by atoms with E-state index < -0.39 is 11.7 Å². The lowest BCUT2D eigenvalue weighted by atomic mass is 10.1. The zero-order valence-corrected chi connectivity index (χ0v) is 21.0. The minimum Gasteiger partial charge on any atom is -0.490 e. The number of rotatable bonds is 8. The van der Waals surface area contributed by atoms with Gasteiger partial charge in [-0.1, -0.05) is 64.5 Å². The SMILES string of the molecule is CCOc1cc(/C=C(\C#N)C(=O)Nc2ccc(Br)cc2F)ccc1OCc1cccc2ccccc12. The van der Waals surface area contributed by atoms with Gasteiger partial charge in [0.15, 0.2) is 11.5 Å². The minimum absolute atomic E-state index is 0.0171. The van der Waals surface area contributed by atoms with Crippen molar-refractivity contribution in [2.45, 2.75) is 13.5 Å². The highest BCUT2D eigenvalue weighted by atomic mass is 79.9. The van der Waals surface area contributed by atoms with E-state index in [4.69, 9.17) is 9.47 Å².